The normalized spacial score (nSPS) is 10.5. The summed E-state index contributed by atoms with van der Waals surface area (Å²) in [6, 6.07) is 12.8. The quantitative estimate of drug-likeness (QED) is 0.727. The molecule has 1 heterocycles. The van der Waals surface area contributed by atoms with Crippen LogP contribution in [0, 0.1) is 0 Å². The lowest BCUT2D eigenvalue weighted by Gasteiger charge is -2.07. The molecule has 2 aromatic carbocycles. The monoisotopic (exact) mass is 345 g/mol. The van der Waals surface area contributed by atoms with Gasteiger partial charge in [0.1, 0.15) is 0 Å². The molecule has 0 spiro atoms. The second-order valence-electron chi connectivity index (χ2n) is 4.93. The number of halogens is 1. The van der Waals surface area contributed by atoms with Gasteiger partial charge in [-0.15, -0.1) is 10.2 Å². The SMILES string of the molecule is COc1ccc(-c2nnc(CNc3cccc(Cl)c3)o2)cc1OC. The third-order valence-electron chi connectivity index (χ3n) is 3.37. The van der Waals surface area contributed by atoms with Gasteiger partial charge in [0.2, 0.25) is 11.8 Å². The minimum atomic E-state index is 0.403. The maximum atomic E-state index is 5.95. The van der Waals surface area contributed by atoms with Gasteiger partial charge in [-0.3, -0.25) is 0 Å². The molecule has 1 aromatic heterocycles. The van der Waals surface area contributed by atoms with Crippen LogP contribution in [-0.2, 0) is 6.54 Å². The molecule has 0 fully saturated rings. The molecule has 3 rings (SSSR count). The largest absolute Gasteiger partial charge is 0.493 e. The van der Waals surface area contributed by atoms with Crippen molar-refractivity contribution in [3.8, 4) is 23.0 Å². The first kappa shape index (κ1) is 16.1. The van der Waals surface area contributed by atoms with Crippen molar-refractivity contribution in [1.29, 1.82) is 0 Å². The van der Waals surface area contributed by atoms with E-state index >= 15 is 0 Å². The predicted molar refractivity (Wildman–Crippen MR) is 91.6 cm³/mol. The van der Waals surface area contributed by atoms with E-state index < -0.39 is 0 Å². The van der Waals surface area contributed by atoms with Crippen molar-refractivity contribution < 1.29 is 13.9 Å². The van der Waals surface area contributed by atoms with E-state index in [1.54, 1.807) is 26.4 Å². The number of aromatic nitrogens is 2. The Morgan fingerprint density at radius 3 is 2.62 bits per heavy atom. The van der Waals surface area contributed by atoms with Crippen LogP contribution in [0.2, 0.25) is 5.02 Å². The first-order valence-electron chi connectivity index (χ1n) is 7.24. The molecule has 0 atom stereocenters. The zero-order chi connectivity index (χ0) is 16.9. The van der Waals surface area contributed by atoms with Gasteiger partial charge in [-0.1, -0.05) is 17.7 Å². The average Bonchev–Trinajstić information content (AvgIpc) is 3.08. The highest BCUT2D eigenvalue weighted by molar-refractivity contribution is 6.30. The van der Waals surface area contributed by atoms with Crippen LogP contribution in [0.1, 0.15) is 5.89 Å². The summed E-state index contributed by atoms with van der Waals surface area (Å²) in [6.07, 6.45) is 0. The molecule has 1 N–H and O–H groups in total. The minimum Gasteiger partial charge on any atom is -0.493 e. The smallest absolute Gasteiger partial charge is 0.247 e. The van der Waals surface area contributed by atoms with E-state index in [2.05, 4.69) is 15.5 Å². The number of methoxy groups -OCH3 is 2. The van der Waals surface area contributed by atoms with Crippen molar-refractivity contribution in [2.24, 2.45) is 0 Å². The standard InChI is InChI=1S/C17H16ClN3O3/c1-22-14-7-6-11(8-15(14)23-2)17-21-20-16(24-17)10-19-13-5-3-4-12(18)9-13/h3-9,19H,10H2,1-2H3. The van der Waals surface area contributed by atoms with Crippen LogP contribution < -0.4 is 14.8 Å². The molecule has 6 nitrogen and oxygen atoms in total. The molecular formula is C17H16ClN3O3. The van der Waals surface area contributed by atoms with Gasteiger partial charge in [-0.2, -0.15) is 0 Å². The van der Waals surface area contributed by atoms with Crippen LogP contribution in [0.5, 0.6) is 11.5 Å². The van der Waals surface area contributed by atoms with Gasteiger partial charge in [-0.25, -0.2) is 0 Å². The Labute approximate surface area is 144 Å². The Hall–Kier alpha value is -2.73. The Morgan fingerprint density at radius 1 is 1.04 bits per heavy atom. The molecule has 7 heteroatoms. The zero-order valence-electron chi connectivity index (χ0n) is 13.2. The van der Waals surface area contributed by atoms with Gasteiger partial charge in [0.05, 0.1) is 20.8 Å². The fourth-order valence-corrected chi connectivity index (χ4v) is 2.38. The first-order chi connectivity index (χ1) is 11.7. The second kappa shape index (κ2) is 7.23. The summed E-state index contributed by atoms with van der Waals surface area (Å²) in [5.74, 6) is 2.13. The Balaban J connectivity index is 1.73. The lowest BCUT2D eigenvalue weighted by atomic mass is 10.2. The van der Waals surface area contributed by atoms with Gasteiger partial charge < -0.3 is 19.2 Å². The molecule has 0 saturated carbocycles. The topological polar surface area (TPSA) is 69.4 Å². The van der Waals surface area contributed by atoms with Crippen molar-refractivity contribution in [3.05, 3.63) is 53.4 Å². The Bertz CT molecular complexity index is 835. The Morgan fingerprint density at radius 2 is 1.88 bits per heavy atom. The van der Waals surface area contributed by atoms with Crippen LogP contribution in [0.25, 0.3) is 11.5 Å². The average molecular weight is 346 g/mol. The van der Waals surface area contributed by atoms with Gasteiger partial charge >= 0.3 is 0 Å². The second-order valence-corrected chi connectivity index (χ2v) is 5.37. The number of ether oxygens (including phenoxy) is 2. The number of hydrogen-bond acceptors (Lipinski definition) is 6. The van der Waals surface area contributed by atoms with Crippen molar-refractivity contribution in [2.45, 2.75) is 6.54 Å². The molecule has 24 heavy (non-hydrogen) atoms. The summed E-state index contributed by atoms with van der Waals surface area (Å²) in [5.41, 5.74) is 1.64. The number of nitrogens with zero attached hydrogens (tertiary/aromatic N) is 2. The van der Waals surface area contributed by atoms with E-state index in [1.807, 2.05) is 30.3 Å². The summed E-state index contributed by atoms with van der Waals surface area (Å²) >= 11 is 5.95. The van der Waals surface area contributed by atoms with Gasteiger partial charge in [0, 0.05) is 16.3 Å². The van der Waals surface area contributed by atoms with Crippen molar-refractivity contribution in [2.75, 3.05) is 19.5 Å². The Kier molecular flexibility index (Phi) is 4.86. The molecule has 3 aromatic rings. The van der Waals surface area contributed by atoms with E-state index in [9.17, 15) is 0 Å². The minimum absolute atomic E-state index is 0.403. The molecule has 0 radical (unpaired) electrons. The molecular weight excluding hydrogens is 330 g/mol. The third-order valence-corrected chi connectivity index (χ3v) is 3.60. The van der Waals surface area contributed by atoms with Crippen molar-refractivity contribution >= 4 is 17.3 Å². The van der Waals surface area contributed by atoms with Gasteiger partial charge in [-0.05, 0) is 36.4 Å². The van der Waals surface area contributed by atoms with Crippen LogP contribution in [0.15, 0.2) is 46.9 Å². The van der Waals surface area contributed by atoms with E-state index in [-0.39, 0.29) is 0 Å². The summed E-state index contributed by atoms with van der Waals surface area (Å²) in [4.78, 5) is 0. The molecule has 124 valence electrons. The summed E-state index contributed by atoms with van der Waals surface area (Å²) in [6.45, 7) is 0.403. The van der Waals surface area contributed by atoms with Crippen LogP contribution in [0.3, 0.4) is 0 Å². The van der Waals surface area contributed by atoms with Crippen LogP contribution in [-0.4, -0.2) is 24.4 Å². The van der Waals surface area contributed by atoms with E-state index in [0.29, 0.717) is 34.8 Å². The predicted octanol–water partition coefficient (Wildman–Crippen LogP) is 4.02. The van der Waals surface area contributed by atoms with Gasteiger partial charge in [0.25, 0.3) is 0 Å². The first-order valence-corrected chi connectivity index (χ1v) is 7.61. The highest BCUT2D eigenvalue weighted by Crippen LogP contribution is 2.31. The molecule has 0 bridgehead atoms. The molecule has 0 unspecified atom stereocenters. The molecule has 0 aliphatic carbocycles. The number of hydrogen-bond donors (Lipinski definition) is 1. The number of anilines is 1. The van der Waals surface area contributed by atoms with E-state index in [0.717, 1.165) is 11.3 Å². The van der Waals surface area contributed by atoms with Crippen LogP contribution >= 0.6 is 11.6 Å². The summed E-state index contributed by atoms with van der Waals surface area (Å²) in [5, 5.41) is 12.0. The fourth-order valence-electron chi connectivity index (χ4n) is 2.19. The molecule has 0 aliphatic heterocycles. The third kappa shape index (κ3) is 3.60. The molecule has 0 aliphatic rings. The van der Waals surface area contributed by atoms with Crippen molar-refractivity contribution in [3.63, 3.8) is 0 Å². The number of benzene rings is 2. The zero-order valence-corrected chi connectivity index (χ0v) is 14.0. The van der Waals surface area contributed by atoms with Crippen molar-refractivity contribution in [1.82, 2.24) is 10.2 Å². The number of nitrogens with one attached hydrogen (secondary N) is 1. The summed E-state index contributed by atoms with van der Waals surface area (Å²) < 4.78 is 16.2. The van der Waals surface area contributed by atoms with Gasteiger partial charge in [0.15, 0.2) is 11.5 Å². The summed E-state index contributed by atoms with van der Waals surface area (Å²) in [7, 11) is 3.17. The van der Waals surface area contributed by atoms with E-state index in [1.165, 1.54) is 0 Å². The van der Waals surface area contributed by atoms with Crippen LogP contribution in [0.4, 0.5) is 5.69 Å². The highest BCUT2D eigenvalue weighted by Gasteiger charge is 2.12. The fraction of sp³-hybridized carbons (Fsp3) is 0.176. The number of rotatable bonds is 6. The molecule has 0 saturated heterocycles. The lowest BCUT2D eigenvalue weighted by molar-refractivity contribution is 0.355. The van der Waals surface area contributed by atoms with E-state index in [4.69, 9.17) is 25.5 Å². The highest BCUT2D eigenvalue weighted by atomic mass is 35.5. The maximum Gasteiger partial charge on any atom is 0.247 e. The maximum absolute atomic E-state index is 5.95. The lowest BCUT2D eigenvalue weighted by Crippen LogP contribution is -1.99. The molecule has 0 amide bonds.